The minimum Gasteiger partial charge on any atom is -0.507 e. The van der Waals surface area contributed by atoms with E-state index in [0.717, 1.165) is 11.0 Å². The molecule has 0 fully saturated rings. The van der Waals surface area contributed by atoms with Gasteiger partial charge < -0.3 is 20.4 Å². The number of hydrogen-bond acceptors (Lipinski definition) is 6. The molecule has 0 atom stereocenters. The van der Waals surface area contributed by atoms with Gasteiger partial charge in [-0.2, -0.15) is 0 Å². The number of phenolic OH excluding ortho intramolecular Hbond substituents is 1. The number of aromatic hydroxyl groups is 1. The van der Waals surface area contributed by atoms with Gasteiger partial charge in [0.15, 0.2) is 0 Å². The normalized spacial score (nSPS) is 14.0. The first kappa shape index (κ1) is 16.5. The Balaban J connectivity index is 2.23. The lowest BCUT2D eigenvalue weighted by Crippen LogP contribution is -2.34. The predicted molar refractivity (Wildman–Crippen MR) is 81.6 cm³/mol. The second-order valence-corrected chi connectivity index (χ2v) is 5.13. The van der Waals surface area contributed by atoms with Gasteiger partial charge in [-0.25, -0.2) is 0 Å². The first-order valence-corrected chi connectivity index (χ1v) is 6.85. The van der Waals surface area contributed by atoms with Crippen molar-refractivity contribution >= 4 is 23.4 Å². The summed E-state index contributed by atoms with van der Waals surface area (Å²) in [6, 6.07) is 4.20. The SMILES string of the molecule is CN(C)C(=O)c1cc(NC2=CC(=O)N(CCO)C2=O)ccc1O. The van der Waals surface area contributed by atoms with E-state index in [-0.39, 0.29) is 30.2 Å². The largest absolute Gasteiger partial charge is 0.507 e. The van der Waals surface area contributed by atoms with E-state index in [1.807, 2.05) is 0 Å². The van der Waals surface area contributed by atoms with Crippen LogP contribution in [0.5, 0.6) is 5.75 Å². The number of aliphatic hydroxyl groups excluding tert-OH is 1. The first-order chi connectivity index (χ1) is 10.8. The number of carbonyl (C=O) groups is 3. The van der Waals surface area contributed by atoms with E-state index < -0.39 is 17.7 Å². The number of benzene rings is 1. The van der Waals surface area contributed by atoms with Crippen LogP contribution in [0.3, 0.4) is 0 Å². The maximum atomic E-state index is 12.0. The van der Waals surface area contributed by atoms with Crippen LogP contribution >= 0.6 is 0 Å². The maximum absolute atomic E-state index is 12.0. The Hall–Kier alpha value is -2.87. The van der Waals surface area contributed by atoms with Gasteiger partial charge in [-0.05, 0) is 18.2 Å². The third-order valence-corrected chi connectivity index (χ3v) is 3.25. The van der Waals surface area contributed by atoms with Gasteiger partial charge in [0.1, 0.15) is 11.4 Å². The van der Waals surface area contributed by atoms with Crippen LogP contribution in [0.25, 0.3) is 0 Å². The monoisotopic (exact) mass is 319 g/mol. The summed E-state index contributed by atoms with van der Waals surface area (Å²) in [5.41, 5.74) is 0.494. The van der Waals surface area contributed by atoms with E-state index in [9.17, 15) is 19.5 Å². The molecule has 1 aromatic rings. The highest BCUT2D eigenvalue weighted by Crippen LogP contribution is 2.24. The van der Waals surface area contributed by atoms with Crippen molar-refractivity contribution in [3.63, 3.8) is 0 Å². The van der Waals surface area contributed by atoms with E-state index in [0.29, 0.717) is 5.69 Å². The highest BCUT2D eigenvalue weighted by molar-refractivity contribution is 6.17. The molecule has 0 bridgehead atoms. The lowest BCUT2D eigenvalue weighted by atomic mass is 10.1. The van der Waals surface area contributed by atoms with Crippen LogP contribution in [0.2, 0.25) is 0 Å². The Morgan fingerprint density at radius 1 is 1.30 bits per heavy atom. The number of amides is 3. The first-order valence-electron chi connectivity index (χ1n) is 6.85. The van der Waals surface area contributed by atoms with Gasteiger partial charge in [-0.1, -0.05) is 0 Å². The molecule has 3 amide bonds. The smallest absolute Gasteiger partial charge is 0.277 e. The molecule has 1 aliphatic rings. The molecule has 0 unspecified atom stereocenters. The van der Waals surface area contributed by atoms with Gasteiger partial charge in [0.2, 0.25) is 0 Å². The van der Waals surface area contributed by atoms with Gasteiger partial charge in [0.05, 0.1) is 18.7 Å². The molecule has 1 heterocycles. The van der Waals surface area contributed by atoms with Crippen molar-refractivity contribution in [1.82, 2.24) is 9.80 Å². The molecule has 3 N–H and O–H groups in total. The van der Waals surface area contributed by atoms with Crippen molar-refractivity contribution in [1.29, 1.82) is 0 Å². The number of nitrogens with zero attached hydrogens (tertiary/aromatic N) is 2. The van der Waals surface area contributed by atoms with Gasteiger partial charge in [0, 0.05) is 25.9 Å². The molecule has 23 heavy (non-hydrogen) atoms. The zero-order valence-electron chi connectivity index (χ0n) is 12.7. The number of β-amino-alcohol motifs (C(OH)–C–C–N with tert-alkyl or cyclic N) is 1. The molecular formula is C15H17N3O5. The molecular weight excluding hydrogens is 302 g/mol. The number of imide groups is 1. The van der Waals surface area contributed by atoms with Gasteiger partial charge in [-0.15, -0.1) is 0 Å². The summed E-state index contributed by atoms with van der Waals surface area (Å²) in [4.78, 5) is 37.9. The standard InChI is InChI=1S/C15H17N3O5/c1-17(2)14(22)10-7-9(3-4-12(10)20)16-11-8-13(21)18(5-6-19)15(11)23/h3-4,7-8,16,19-20H,5-6H2,1-2H3. The fourth-order valence-corrected chi connectivity index (χ4v) is 2.09. The number of carbonyl (C=O) groups excluding carboxylic acids is 3. The molecule has 0 saturated heterocycles. The molecule has 2 rings (SSSR count). The van der Waals surface area contributed by atoms with Gasteiger partial charge in [0.25, 0.3) is 17.7 Å². The number of aliphatic hydroxyl groups is 1. The van der Waals surface area contributed by atoms with E-state index in [1.165, 1.54) is 23.1 Å². The molecule has 8 nitrogen and oxygen atoms in total. The third-order valence-electron chi connectivity index (χ3n) is 3.25. The average Bonchev–Trinajstić information content (AvgIpc) is 2.76. The highest BCUT2D eigenvalue weighted by Gasteiger charge is 2.30. The number of nitrogens with one attached hydrogen (secondary N) is 1. The molecule has 0 aliphatic carbocycles. The lowest BCUT2D eigenvalue weighted by molar-refractivity contribution is -0.137. The van der Waals surface area contributed by atoms with Crippen molar-refractivity contribution in [2.45, 2.75) is 0 Å². The van der Waals surface area contributed by atoms with E-state index in [1.54, 1.807) is 14.1 Å². The number of anilines is 1. The molecule has 0 saturated carbocycles. The second kappa shape index (κ2) is 6.49. The summed E-state index contributed by atoms with van der Waals surface area (Å²) in [6.45, 7) is -0.404. The molecule has 122 valence electrons. The van der Waals surface area contributed by atoms with Crippen molar-refractivity contribution in [3.05, 3.63) is 35.5 Å². The fourth-order valence-electron chi connectivity index (χ4n) is 2.09. The minimum absolute atomic E-state index is 0.0393. The second-order valence-electron chi connectivity index (χ2n) is 5.13. The van der Waals surface area contributed by atoms with Gasteiger partial charge in [-0.3, -0.25) is 19.3 Å². The quantitative estimate of drug-likeness (QED) is 0.510. The summed E-state index contributed by atoms with van der Waals surface area (Å²) in [5.74, 6) is -1.65. The van der Waals surface area contributed by atoms with Crippen LogP contribution in [0.1, 0.15) is 10.4 Å². The third kappa shape index (κ3) is 3.32. The summed E-state index contributed by atoms with van der Waals surface area (Å²) >= 11 is 0. The van der Waals surface area contributed by atoms with E-state index in [4.69, 9.17) is 5.11 Å². The zero-order valence-corrected chi connectivity index (χ0v) is 12.7. The van der Waals surface area contributed by atoms with Crippen LogP contribution < -0.4 is 5.32 Å². The highest BCUT2D eigenvalue weighted by atomic mass is 16.3. The summed E-state index contributed by atoms with van der Waals surface area (Å²) in [6.07, 6.45) is 1.12. The molecule has 0 aromatic heterocycles. The van der Waals surface area contributed by atoms with Crippen LogP contribution in [-0.2, 0) is 9.59 Å². The molecule has 8 heteroatoms. The lowest BCUT2D eigenvalue weighted by Gasteiger charge is -2.15. The molecule has 1 aromatic carbocycles. The summed E-state index contributed by atoms with van der Waals surface area (Å²) in [5, 5.41) is 21.4. The number of phenols is 1. The average molecular weight is 319 g/mol. The number of hydrogen-bond donors (Lipinski definition) is 3. The van der Waals surface area contributed by atoms with E-state index >= 15 is 0 Å². The maximum Gasteiger partial charge on any atom is 0.277 e. The molecule has 1 aliphatic heterocycles. The summed E-state index contributed by atoms with van der Waals surface area (Å²) < 4.78 is 0. The van der Waals surface area contributed by atoms with Crippen LogP contribution in [0.15, 0.2) is 30.0 Å². The van der Waals surface area contributed by atoms with Crippen LogP contribution in [-0.4, -0.2) is 65.0 Å². The topological polar surface area (TPSA) is 110 Å². The van der Waals surface area contributed by atoms with Crippen LogP contribution in [0.4, 0.5) is 5.69 Å². The molecule has 0 radical (unpaired) electrons. The van der Waals surface area contributed by atoms with Crippen molar-refractivity contribution in [2.75, 3.05) is 32.6 Å². The zero-order chi connectivity index (χ0) is 17.1. The van der Waals surface area contributed by atoms with Crippen molar-refractivity contribution in [2.24, 2.45) is 0 Å². The van der Waals surface area contributed by atoms with E-state index in [2.05, 4.69) is 5.32 Å². The summed E-state index contributed by atoms with van der Waals surface area (Å²) in [7, 11) is 3.10. The Morgan fingerprint density at radius 3 is 2.61 bits per heavy atom. The number of rotatable bonds is 5. The Kier molecular flexibility index (Phi) is 4.65. The van der Waals surface area contributed by atoms with Crippen LogP contribution in [0, 0.1) is 0 Å². The van der Waals surface area contributed by atoms with Gasteiger partial charge >= 0.3 is 0 Å². The Labute approximate surface area is 132 Å². The van der Waals surface area contributed by atoms with Crippen molar-refractivity contribution in [3.8, 4) is 5.75 Å². The Morgan fingerprint density at radius 2 is 2.00 bits per heavy atom. The molecule has 0 spiro atoms. The predicted octanol–water partition coefficient (Wildman–Crippen LogP) is -0.249. The van der Waals surface area contributed by atoms with Crippen molar-refractivity contribution < 1.29 is 24.6 Å². The fraction of sp³-hybridized carbons (Fsp3) is 0.267. The minimum atomic E-state index is -0.558. The Bertz CT molecular complexity index is 696.